The third-order valence-electron chi connectivity index (χ3n) is 1.49. The molecule has 0 heterocycles. The van der Waals surface area contributed by atoms with Gasteiger partial charge in [-0.2, -0.15) is 0 Å². The molecule has 64 valence electrons. The molecular formula is C9H14Br2. The van der Waals surface area contributed by atoms with Gasteiger partial charge in [-0.05, 0) is 24.8 Å². The Balaban J connectivity index is 4.11. The molecule has 0 saturated carbocycles. The standard InChI is InChI=1S/C9H14Br2/c1-4-9(11)6-5-7(2)8(3)10/h5-6,8H,4H2,1-3H3/b7-5+,9-6+/t8-/m1/s1. The normalized spacial score (nSPS) is 16.8. The maximum Gasteiger partial charge on any atom is 0.0326 e. The third-order valence-corrected chi connectivity index (χ3v) is 3.04. The third kappa shape index (κ3) is 5.68. The minimum absolute atomic E-state index is 0.468. The lowest BCUT2D eigenvalue weighted by Crippen LogP contribution is -1.89. The van der Waals surface area contributed by atoms with E-state index in [9.17, 15) is 0 Å². The van der Waals surface area contributed by atoms with Crippen LogP contribution in [0.5, 0.6) is 0 Å². The Morgan fingerprint density at radius 2 is 2.00 bits per heavy atom. The molecule has 0 aliphatic rings. The maximum atomic E-state index is 3.50. The van der Waals surface area contributed by atoms with Crippen LogP contribution in [0.1, 0.15) is 27.2 Å². The molecule has 0 aliphatic carbocycles. The molecule has 0 spiro atoms. The molecule has 0 aromatic rings. The predicted octanol–water partition coefficient (Wildman–Crippen LogP) is 4.40. The van der Waals surface area contributed by atoms with E-state index >= 15 is 0 Å². The summed E-state index contributed by atoms with van der Waals surface area (Å²) in [6.45, 7) is 6.37. The number of allylic oxidation sites excluding steroid dienone is 4. The van der Waals surface area contributed by atoms with E-state index in [1.54, 1.807) is 0 Å². The van der Waals surface area contributed by atoms with Gasteiger partial charge >= 0.3 is 0 Å². The first-order valence-corrected chi connectivity index (χ1v) is 5.45. The first kappa shape index (κ1) is 11.4. The molecular weight excluding hydrogens is 268 g/mol. The Bertz CT molecular complexity index is 166. The maximum absolute atomic E-state index is 3.50. The van der Waals surface area contributed by atoms with Gasteiger partial charge in [0.1, 0.15) is 0 Å². The quantitative estimate of drug-likeness (QED) is 0.531. The topological polar surface area (TPSA) is 0 Å². The summed E-state index contributed by atoms with van der Waals surface area (Å²) in [5.41, 5.74) is 1.34. The van der Waals surface area contributed by atoms with Crippen molar-refractivity contribution >= 4 is 31.9 Å². The van der Waals surface area contributed by atoms with E-state index in [2.05, 4.69) is 64.8 Å². The van der Waals surface area contributed by atoms with Crippen molar-refractivity contribution in [1.29, 1.82) is 0 Å². The van der Waals surface area contributed by atoms with E-state index in [1.807, 2.05) is 0 Å². The fourth-order valence-corrected chi connectivity index (χ4v) is 0.757. The van der Waals surface area contributed by atoms with Gasteiger partial charge in [0.05, 0.1) is 0 Å². The Hall–Kier alpha value is 0.440. The highest BCUT2D eigenvalue weighted by atomic mass is 79.9. The van der Waals surface area contributed by atoms with Crippen molar-refractivity contribution < 1.29 is 0 Å². The van der Waals surface area contributed by atoms with Crippen molar-refractivity contribution in [2.75, 3.05) is 0 Å². The molecule has 0 unspecified atom stereocenters. The molecule has 11 heavy (non-hydrogen) atoms. The summed E-state index contributed by atoms with van der Waals surface area (Å²) in [5, 5.41) is 0. The lowest BCUT2D eigenvalue weighted by Gasteiger charge is -2.00. The van der Waals surface area contributed by atoms with Crippen LogP contribution in [-0.4, -0.2) is 4.83 Å². The highest BCUT2D eigenvalue weighted by Gasteiger charge is 1.95. The van der Waals surface area contributed by atoms with Crippen LogP contribution in [0.25, 0.3) is 0 Å². The van der Waals surface area contributed by atoms with Crippen LogP contribution in [0.15, 0.2) is 22.2 Å². The van der Waals surface area contributed by atoms with E-state index in [4.69, 9.17) is 0 Å². The SMILES string of the molecule is CC/C(Br)=C\C=C(/C)[C@@H](C)Br. The molecule has 0 bridgehead atoms. The lowest BCUT2D eigenvalue weighted by molar-refractivity contribution is 1.14. The van der Waals surface area contributed by atoms with Gasteiger partial charge < -0.3 is 0 Å². The fourth-order valence-electron chi connectivity index (χ4n) is 0.472. The molecule has 0 aliphatic heterocycles. The smallest absolute Gasteiger partial charge is 0.0326 e. The Morgan fingerprint density at radius 1 is 1.45 bits per heavy atom. The molecule has 0 radical (unpaired) electrons. The van der Waals surface area contributed by atoms with Crippen LogP contribution >= 0.6 is 31.9 Å². The Labute approximate surface area is 86.0 Å². The Kier molecular flexibility index (Phi) is 6.25. The van der Waals surface area contributed by atoms with Gasteiger partial charge in [-0.1, -0.05) is 56.5 Å². The van der Waals surface area contributed by atoms with Gasteiger partial charge in [-0.25, -0.2) is 0 Å². The second-order valence-electron chi connectivity index (χ2n) is 2.49. The minimum Gasteiger partial charge on any atom is -0.0845 e. The summed E-state index contributed by atoms with van der Waals surface area (Å²) in [6, 6.07) is 0. The molecule has 0 saturated heterocycles. The van der Waals surface area contributed by atoms with Gasteiger partial charge in [-0.3, -0.25) is 0 Å². The molecule has 0 nitrogen and oxygen atoms in total. The summed E-state index contributed by atoms with van der Waals surface area (Å²) in [5.74, 6) is 0. The average molecular weight is 282 g/mol. The number of halogens is 2. The fraction of sp³-hybridized carbons (Fsp3) is 0.556. The second kappa shape index (κ2) is 6.01. The van der Waals surface area contributed by atoms with Crippen molar-refractivity contribution in [2.45, 2.75) is 32.0 Å². The summed E-state index contributed by atoms with van der Waals surface area (Å²) < 4.78 is 1.24. The highest BCUT2D eigenvalue weighted by molar-refractivity contribution is 9.11. The van der Waals surface area contributed by atoms with E-state index in [0.29, 0.717) is 4.83 Å². The number of hydrogen-bond donors (Lipinski definition) is 0. The number of hydrogen-bond acceptors (Lipinski definition) is 0. The first-order chi connectivity index (χ1) is 5.07. The van der Waals surface area contributed by atoms with Crippen molar-refractivity contribution in [1.82, 2.24) is 0 Å². The minimum atomic E-state index is 0.468. The van der Waals surface area contributed by atoms with E-state index in [-0.39, 0.29) is 0 Å². The largest absolute Gasteiger partial charge is 0.0845 e. The summed E-state index contributed by atoms with van der Waals surface area (Å²) in [7, 11) is 0. The zero-order valence-corrected chi connectivity index (χ0v) is 10.4. The summed E-state index contributed by atoms with van der Waals surface area (Å²) >= 11 is 6.95. The Morgan fingerprint density at radius 3 is 2.36 bits per heavy atom. The monoisotopic (exact) mass is 280 g/mol. The first-order valence-electron chi connectivity index (χ1n) is 3.74. The lowest BCUT2D eigenvalue weighted by atomic mass is 10.2. The highest BCUT2D eigenvalue weighted by Crippen LogP contribution is 2.13. The summed E-state index contributed by atoms with van der Waals surface area (Å²) in [6.07, 6.45) is 5.29. The average Bonchev–Trinajstić information content (AvgIpc) is 1.99. The predicted molar refractivity (Wildman–Crippen MR) is 59.4 cm³/mol. The molecule has 0 amide bonds. The van der Waals surface area contributed by atoms with Crippen LogP contribution in [0.2, 0.25) is 0 Å². The number of rotatable bonds is 3. The van der Waals surface area contributed by atoms with Crippen LogP contribution in [0.4, 0.5) is 0 Å². The zero-order chi connectivity index (χ0) is 8.85. The van der Waals surface area contributed by atoms with Crippen LogP contribution < -0.4 is 0 Å². The van der Waals surface area contributed by atoms with Crippen LogP contribution in [0, 0.1) is 0 Å². The molecule has 0 fully saturated rings. The van der Waals surface area contributed by atoms with Gasteiger partial charge in [0.15, 0.2) is 0 Å². The van der Waals surface area contributed by atoms with E-state index < -0.39 is 0 Å². The molecule has 0 N–H and O–H groups in total. The number of alkyl halides is 1. The molecule has 0 aromatic heterocycles. The van der Waals surface area contributed by atoms with Crippen molar-refractivity contribution in [3.63, 3.8) is 0 Å². The van der Waals surface area contributed by atoms with Crippen molar-refractivity contribution in [2.24, 2.45) is 0 Å². The van der Waals surface area contributed by atoms with Gasteiger partial charge in [-0.15, -0.1) is 0 Å². The van der Waals surface area contributed by atoms with Crippen LogP contribution in [0.3, 0.4) is 0 Å². The van der Waals surface area contributed by atoms with Crippen molar-refractivity contribution in [3.8, 4) is 0 Å². The van der Waals surface area contributed by atoms with Crippen molar-refractivity contribution in [3.05, 3.63) is 22.2 Å². The molecule has 2 heteroatoms. The van der Waals surface area contributed by atoms with Crippen LogP contribution in [-0.2, 0) is 0 Å². The van der Waals surface area contributed by atoms with E-state index in [0.717, 1.165) is 6.42 Å². The second-order valence-corrected chi connectivity index (χ2v) is 4.89. The van der Waals surface area contributed by atoms with Gasteiger partial charge in [0.25, 0.3) is 0 Å². The van der Waals surface area contributed by atoms with Gasteiger partial charge in [0, 0.05) is 4.83 Å². The zero-order valence-electron chi connectivity index (χ0n) is 7.20. The molecule has 1 atom stereocenters. The van der Waals surface area contributed by atoms with Gasteiger partial charge in [0.2, 0.25) is 0 Å². The van der Waals surface area contributed by atoms with E-state index in [1.165, 1.54) is 10.1 Å². The molecule has 0 aromatic carbocycles. The molecule has 0 rings (SSSR count). The summed E-state index contributed by atoms with van der Waals surface area (Å²) in [4.78, 5) is 0.468.